The SMILES string of the molecule is CCC(CC)c1cc(CNC(=NC)NCC(CO)c2ccccc2)on1.I. The maximum Gasteiger partial charge on any atom is 0.191 e. The molecule has 2 aromatic rings. The second-order valence-corrected chi connectivity index (χ2v) is 6.33. The van der Waals surface area contributed by atoms with Gasteiger partial charge in [0.1, 0.15) is 0 Å². The smallest absolute Gasteiger partial charge is 0.191 e. The normalized spacial score (nSPS) is 12.6. The van der Waals surface area contributed by atoms with Crippen molar-refractivity contribution in [2.75, 3.05) is 20.2 Å². The fraction of sp³-hybridized carbons (Fsp3) is 0.500. The summed E-state index contributed by atoms with van der Waals surface area (Å²) in [7, 11) is 1.72. The third kappa shape index (κ3) is 7.14. The second-order valence-electron chi connectivity index (χ2n) is 6.33. The lowest BCUT2D eigenvalue weighted by Crippen LogP contribution is -2.39. The highest BCUT2D eigenvalue weighted by atomic mass is 127. The first-order valence-corrected chi connectivity index (χ1v) is 9.27. The molecule has 0 radical (unpaired) electrons. The van der Waals surface area contributed by atoms with Gasteiger partial charge in [-0.15, -0.1) is 24.0 Å². The molecule has 150 valence electrons. The van der Waals surface area contributed by atoms with E-state index in [1.807, 2.05) is 36.4 Å². The quantitative estimate of drug-likeness (QED) is 0.287. The molecule has 1 aromatic heterocycles. The Balaban J connectivity index is 0.00000364. The van der Waals surface area contributed by atoms with Crippen molar-refractivity contribution in [3.63, 3.8) is 0 Å². The lowest BCUT2D eigenvalue weighted by molar-refractivity contribution is 0.265. The van der Waals surface area contributed by atoms with Crippen LogP contribution in [-0.2, 0) is 6.54 Å². The van der Waals surface area contributed by atoms with Gasteiger partial charge in [-0.2, -0.15) is 0 Å². The fourth-order valence-electron chi connectivity index (χ4n) is 2.94. The van der Waals surface area contributed by atoms with Crippen LogP contribution in [0.2, 0.25) is 0 Å². The highest BCUT2D eigenvalue weighted by Gasteiger charge is 2.14. The molecule has 0 amide bonds. The molecule has 0 saturated heterocycles. The van der Waals surface area contributed by atoms with Crippen molar-refractivity contribution >= 4 is 29.9 Å². The van der Waals surface area contributed by atoms with Gasteiger partial charge in [-0.25, -0.2) is 0 Å². The molecular formula is C20H31IN4O2. The van der Waals surface area contributed by atoms with Crippen molar-refractivity contribution in [2.45, 2.75) is 45.1 Å². The van der Waals surface area contributed by atoms with Gasteiger partial charge < -0.3 is 20.3 Å². The van der Waals surface area contributed by atoms with Crippen LogP contribution in [0.25, 0.3) is 0 Å². The van der Waals surface area contributed by atoms with E-state index in [-0.39, 0.29) is 36.5 Å². The number of rotatable bonds is 9. The second kappa shape index (κ2) is 12.7. The number of hydrogen-bond acceptors (Lipinski definition) is 4. The first-order chi connectivity index (χ1) is 12.7. The summed E-state index contributed by atoms with van der Waals surface area (Å²) in [6.45, 7) is 5.51. The van der Waals surface area contributed by atoms with Gasteiger partial charge in [-0.1, -0.05) is 49.3 Å². The van der Waals surface area contributed by atoms with Crippen molar-refractivity contribution < 1.29 is 9.63 Å². The number of halogens is 1. The van der Waals surface area contributed by atoms with E-state index in [2.05, 4.69) is 34.6 Å². The van der Waals surface area contributed by atoms with Gasteiger partial charge in [0, 0.05) is 31.5 Å². The Kier molecular flexibility index (Phi) is 11.0. The van der Waals surface area contributed by atoms with E-state index in [0.717, 1.165) is 29.9 Å². The molecule has 7 heteroatoms. The molecule has 27 heavy (non-hydrogen) atoms. The van der Waals surface area contributed by atoms with Gasteiger partial charge in [-0.05, 0) is 18.4 Å². The Morgan fingerprint density at radius 1 is 1.15 bits per heavy atom. The highest BCUT2D eigenvalue weighted by Crippen LogP contribution is 2.22. The van der Waals surface area contributed by atoms with Gasteiger partial charge in [0.2, 0.25) is 0 Å². The maximum absolute atomic E-state index is 9.65. The molecule has 6 nitrogen and oxygen atoms in total. The predicted molar refractivity (Wildman–Crippen MR) is 120 cm³/mol. The number of aromatic nitrogens is 1. The van der Waals surface area contributed by atoms with Crippen molar-refractivity contribution in [1.29, 1.82) is 0 Å². The number of aliphatic hydroxyl groups is 1. The van der Waals surface area contributed by atoms with Crippen LogP contribution in [0.5, 0.6) is 0 Å². The maximum atomic E-state index is 9.65. The summed E-state index contributed by atoms with van der Waals surface area (Å²) in [4.78, 5) is 4.23. The van der Waals surface area contributed by atoms with Gasteiger partial charge >= 0.3 is 0 Å². The summed E-state index contributed by atoms with van der Waals surface area (Å²) < 4.78 is 5.42. The molecule has 1 unspecified atom stereocenters. The largest absolute Gasteiger partial charge is 0.396 e. The van der Waals surface area contributed by atoms with Crippen LogP contribution in [0.4, 0.5) is 0 Å². The number of nitrogens with zero attached hydrogens (tertiary/aromatic N) is 2. The van der Waals surface area contributed by atoms with Crippen molar-refractivity contribution in [2.24, 2.45) is 4.99 Å². The minimum atomic E-state index is 0. The van der Waals surface area contributed by atoms with Gasteiger partial charge in [-0.3, -0.25) is 4.99 Å². The van der Waals surface area contributed by atoms with E-state index in [1.54, 1.807) is 7.05 Å². The zero-order valence-electron chi connectivity index (χ0n) is 16.3. The molecule has 2 rings (SSSR count). The third-order valence-corrected chi connectivity index (χ3v) is 4.64. The van der Waals surface area contributed by atoms with E-state index in [0.29, 0.717) is 25.0 Å². The molecule has 1 atom stereocenters. The molecule has 0 aliphatic rings. The first kappa shape index (κ1) is 23.4. The first-order valence-electron chi connectivity index (χ1n) is 9.27. The summed E-state index contributed by atoms with van der Waals surface area (Å²) in [5.74, 6) is 1.92. The zero-order chi connectivity index (χ0) is 18.8. The number of aliphatic imine (C=N–C) groups is 1. The lowest BCUT2D eigenvalue weighted by atomic mass is 9.99. The van der Waals surface area contributed by atoms with Crippen LogP contribution >= 0.6 is 24.0 Å². The van der Waals surface area contributed by atoms with E-state index >= 15 is 0 Å². The Hall–Kier alpha value is -1.61. The fourth-order valence-corrected chi connectivity index (χ4v) is 2.94. The van der Waals surface area contributed by atoms with Crippen molar-refractivity contribution in [3.8, 4) is 0 Å². The lowest BCUT2D eigenvalue weighted by Gasteiger charge is -2.17. The van der Waals surface area contributed by atoms with Crippen LogP contribution in [0.1, 0.15) is 55.5 Å². The van der Waals surface area contributed by atoms with Crippen LogP contribution in [0.15, 0.2) is 45.9 Å². The van der Waals surface area contributed by atoms with E-state index in [4.69, 9.17) is 4.52 Å². The molecule has 0 spiro atoms. The summed E-state index contributed by atoms with van der Waals surface area (Å²) in [6.07, 6.45) is 2.11. The molecule has 0 aliphatic heterocycles. The molecule has 0 aliphatic carbocycles. The van der Waals surface area contributed by atoms with E-state index in [9.17, 15) is 5.11 Å². The van der Waals surface area contributed by atoms with Gasteiger partial charge in [0.25, 0.3) is 0 Å². The summed E-state index contributed by atoms with van der Waals surface area (Å²) >= 11 is 0. The standard InChI is InChI=1S/C20H30N4O2.HI/c1-4-15(5-2)19-11-18(26-24-19)13-23-20(21-3)22-12-17(14-25)16-9-7-6-8-10-16;/h6-11,15,17,25H,4-5,12-14H2,1-3H3,(H2,21,22,23);1H. The van der Waals surface area contributed by atoms with Crippen molar-refractivity contribution in [1.82, 2.24) is 15.8 Å². The summed E-state index contributed by atoms with van der Waals surface area (Å²) in [6, 6.07) is 12.0. The molecule has 3 N–H and O–H groups in total. The number of aliphatic hydroxyl groups excluding tert-OH is 1. The van der Waals surface area contributed by atoms with Gasteiger partial charge in [0.05, 0.1) is 18.8 Å². The van der Waals surface area contributed by atoms with Crippen molar-refractivity contribution in [3.05, 3.63) is 53.4 Å². The molecule has 1 heterocycles. The molecule has 0 bridgehead atoms. The predicted octanol–water partition coefficient (Wildman–Crippen LogP) is 3.64. The van der Waals surface area contributed by atoms with Crippen LogP contribution in [-0.4, -0.2) is 36.4 Å². The number of guanidine groups is 1. The van der Waals surface area contributed by atoms with E-state index in [1.165, 1.54) is 0 Å². The monoisotopic (exact) mass is 486 g/mol. The highest BCUT2D eigenvalue weighted by molar-refractivity contribution is 14.0. The summed E-state index contributed by atoms with van der Waals surface area (Å²) in [5, 5.41) is 20.3. The number of nitrogens with one attached hydrogen (secondary N) is 2. The number of hydrogen-bond donors (Lipinski definition) is 3. The van der Waals surface area contributed by atoms with Gasteiger partial charge in [0.15, 0.2) is 11.7 Å². The Labute approximate surface area is 178 Å². The van der Waals surface area contributed by atoms with Crippen LogP contribution in [0.3, 0.4) is 0 Å². The van der Waals surface area contributed by atoms with E-state index < -0.39 is 0 Å². The Morgan fingerprint density at radius 2 is 1.85 bits per heavy atom. The average Bonchev–Trinajstić information content (AvgIpc) is 3.15. The molecule has 1 aromatic carbocycles. The number of benzene rings is 1. The molecule has 0 fully saturated rings. The van der Waals surface area contributed by atoms with Crippen LogP contribution < -0.4 is 10.6 Å². The zero-order valence-corrected chi connectivity index (χ0v) is 18.6. The minimum Gasteiger partial charge on any atom is -0.396 e. The third-order valence-electron chi connectivity index (χ3n) is 4.64. The Morgan fingerprint density at radius 3 is 2.44 bits per heavy atom. The average molecular weight is 486 g/mol. The van der Waals surface area contributed by atoms with Crippen LogP contribution in [0, 0.1) is 0 Å². The molecule has 0 saturated carbocycles. The minimum absolute atomic E-state index is 0. The topological polar surface area (TPSA) is 82.7 Å². The Bertz CT molecular complexity index is 672. The summed E-state index contributed by atoms with van der Waals surface area (Å²) in [5.41, 5.74) is 2.11. The molecular weight excluding hydrogens is 455 g/mol.